The lowest BCUT2D eigenvalue weighted by atomic mass is 10.1. The summed E-state index contributed by atoms with van der Waals surface area (Å²) < 4.78 is 1.70. The van der Waals surface area contributed by atoms with E-state index >= 15 is 0 Å². The smallest absolute Gasteiger partial charge is 0.254 e. The fourth-order valence-corrected chi connectivity index (χ4v) is 2.87. The second kappa shape index (κ2) is 6.11. The highest BCUT2D eigenvalue weighted by Gasteiger charge is 2.19. The third-order valence-corrected chi connectivity index (χ3v) is 4.41. The first-order valence-electron chi connectivity index (χ1n) is 6.91. The average molecular weight is 312 g/mol. The first-order chi connectivity index (χ1) is 10.7. The first-order valence-corrected chi connectivity index (χ1v) is 7.85. The van der Waals surface area contributed by atoms with Crippen molar-refractivity contribution in [1.29, 1.82) is 0 Å². The van der Waals surface area contributed by atoms with E-state index in [9.17, 15) is 4.79 Å². The summed E-state index contributed by atoms with van der Waals surface area (Å²) in [6.07, 6.45) is 3.16. The Morgan fingerprint density at radius 2 is 2.05 bits per heavy atom. The fraction of sp³-hybridized carbons (Fsp3) is 0.188. The standard InChI is InChI=1S/C16H16N4OS/c1-12(19(2)16(21)14-7-8-22-9-14)13-3-5-15(6-4-13)20-11-17-10-18-20/h3-12H,1-2H3/t12-/m1/s1. The molecule has 1 aromatic carbocycles. The van der Waals surface area contributed by atoms with Crippen LogP contribution in [0.3, 0.4) is 0 Å². The quantitative estimate of drug-likeness (QED) is 0.743. The molecule has 2 aromatic heterocycles. The van der Waals surface area contributed by atoms with Gasteiger partial charge in [-0.05, 0) is 36.1 Å². The van der Waals surface area contributed by atoms with Crippen molar-refractivity contribution in [2.45, 2.75) is 13.0 Å². The summed E-state index contributed by atoms with van der Waals surface area (Å²) >= 11 is 1.53. The lowest BCUT2D eigenvalue weighted by Crippen LogP contribution is -2.29. The van der Waals surface area contributed by atoms with Gasteiger partial charge in [0.15, 0.2) is 0 Å². The SMILES string of the molecule is C[C@H](c1ccc(-n2cncn2)cc1)N(C)C(=O)c1ccsc1. The topological polar surface area (TPSA) is 51.0 Å². The van der Waals surface area contributed by atoms with Crippen LogP contribution in [-0.4, -0.2) is 32.6 Å². The molecule has 5 nitrogen and oxygen atoms in total. The number of aromatic nitrogens is 3. The van der Waals surface area contributed by atoms with Crippen LogP contribution in [0.4, 0.5) is 0 Å². The summed E-state index contributed by atoms with van der Waals surface area (Å²) in [5.41, 5.74) is 2.76. The first kappa shape index (κ1) is 14.5. The number of benzene rings is 1. The second-order valence-corrected chi connectivity index (χ2v) is 5.82. The van der Waals surface area contributed by atoms with E-state index in [1.54, 1.807) is 15.9 Å². The van der Waals surface area contributed by atoms with E-state index in [-0.39, 0.29) is 11.9 Å². The zero-order valence-corrected chi connectivity index (χ0v) is 13.2. The Balaban J connectivity index is 1.77. The number of amides is 1. The minimum atomic E-state index is -0.00260. The fourth-order valence-electron chi connectivity index (χ4n) is 2.24. The molecule has 0 aliphatic carbocycles. The van der Waals surface area contributed by atoms with Gasteiger partial charge in [0.2, 0.25) is 0 Å². The van der Waals surface area contributed by atoms with Crippen molar-refractivity contribution in [1.82, 2.24) is 19.7 Å². The van der Waals surface area contributed by atoms with Crippen molar-refractivity contribution in [3.05, 3.63) is 64.9 Å². The number of carbonyl (C=O) groups excluding carboxylic acids is 1. The Kier molecular flexibility index (Phi) is 4.02. The highest BCUT2D eigenvalue weighted by atomic mass is 32.1. The summed E-state index contributed by atoms with van der Waals surface area (Å²) in [7, 11) is 1.83. The molecule has 1 atom stereocenters. The molecule has 0 radical (unpaired) electrons. The molecular weight excluding hydrogens is 296 g/mol. The van der Waals surface area contributed by atoms with Gasteiger partial charge in [0.1, 0.15) is 12.7 Å². The Hall–Kier alpha value is -2.47. The molecule has 22 heavy (non-hydrogen) atoms. The van der Waals surface area contributed by atoms with Gasteiger partial charge >= 0.3 is 0 Å². The predicted octanol–water partition coefficient (Wildman–Crippen LogP) is 3.16. The Bertz CT molecular complexity index is 735. The van der Waals surface area contributed by atoms with Crippen LogP contribution in [0.1, 0.15) is 28.9 Å². The third kappa shape index (κ3) is 2.78. The molecule has 2 heterocycles. The average Bonchev–Trinajstić information content (AvgIpc) is 3.26. The molecule has 0 aliphatic heterocycles. The van der Waals surface area contributed by atoms with E-state index in [1.807, 2.05) is 55.1 Å². The van der Waals surface area contributed by atoms with Gasteiger partial charge in [0.25, 0.3) is 5.91 Å². The van der Waals surface area contributed by atoms with Crippen molar-refractivity contribution in [2.24, 2.45) is 0 Å². The molecule has 3 rings (SSSR count). The lowest BCUT2D eigenvalue weighted by molar-refractivity contribution is 0.0743. The van der Waals surface area contributed by atoms with Crippen molar-refractivity contribution in [3.8, 4) is 5.69 Å². The number of nitrogens with zero attached hydrogens (tertiary/aromatic N) is 4. The molecule has 0 N–H and O–H groups in total. The molecule has 0 saturated heterocycles. The summed E-state index contributed by atoms with van der Waals surface area (Å²) in [5, 5.41) is 7.89. The van der Waals surface area contributed by atoms with Crippen molar-refractivity contribution in [2.75, 3.05) is 7.05 Å². The number of hydrogen-bond donors (Lipinski definition) is 0. The summed E-state index contributed by atoms with van der Waals surface area (Å²) in [6, 6.07) is 9.83. The van der Waals surface area contributed by atoms with Crippen LogP contribution < -0.4 is 0 Å². The molecule has 6 heteroatoms. The normalized spacial score (nSPS) is 12.1. The van der Waals surface area contributed by atoms with Gasteiger partial charge in [-0.1, -0.05) is 12.1 Å². The summed E-state index contributed by atoms with van der Waals surface area (Å²) in [5.74, 6) is 0.0362. The maximum atomic E-state index is 12.4. The monoisotopic (exact) mass is 312 g/mol. The van der Waals surface area contributed by atoms with Gasteiger partial charge in [-0.2, -0.15) is 16.4 Å². The van der Waals surface area contributed by atoms with Crippen LogP contribution in [-0.2, 0) is 0 Å². The van der Waals surface area contributed by atoms with Crippen LogP contribution in [0.15, 0.2) is 53.7 Å². The van der Waals surface area contributed by atoms with E-state index in [0.717, 1.165) is 16.8 Å². The van der Waals surface area contributed by atoms with E-state index < -0.39 is 0 Å². The summed E-state index contributed by atoms with van der Waals surface area (Å²) in [6.45, 7) is 2.02. The van der Waals surface area contributed by atoms with E-state index in [2.05, 4.69) is 10.1 Å². The second-order valence-electron chi connectivity index (χ2n) is 5.04. The van der Waals surface area contributed by atoms with Gasteiger partial charge in [-0.15, -0.1) is 0 Å². The predicted molar refractivity (Wildman–Crippen MR) is 86.2 cm³/mol. The molecule has 0 spiro atoms. The van der Waals surface area contributed by atoms with E-state index in [0.29, 0.717) is 0 Å². The van der Waals surface area contributed by atoms with Crippen molar-refractivity contribution >= 4 is 17.2 Å². The summed E-state index contributed by atoms with van der Waals surface area (Å²) in [4.78, 5) is 18.1. The minimum absolute atomic E-state index is 0.00260. The van der Waals surface area contributed by atoms with Gasteiger partial charge in [0, 0.05) is 12.4 Å². The Morgan fingerprint density at radius 1 is 1.27 bits per heavy atom. The zero-order valence-electron chi connectivity index (χ0n) is 12.4. The Labute approximate surface area is 132 Å². The minimum Gasteiger partial charge on any atom is -0.335 e. The van der Waals surface area contributed by atoms with Crippen LogP contribution in [0.5, 0.6) is 0 Å². The number of thiophene rings is 1. The molecular formula is C16H16N4OS. The van der Waals surface area contributed by atoms with Gasteiger partial charge < -0.3 is 4.90 Å². The molecule has 3 aromatic rings. The highest BCUT2D eigenvalue weighted by molar-refractivity contribution is 7.08. The molecule has 0 bridgehead atoms. The maximum absolute atomic E-state index is 12.4. The molecule has 0 unspecified atom stereocenters. The van der Waals surface area contributed by atoms with Crippen LogP contribution >= 0.6 is 11.3 Å². The van der Waals surface area contributed by atoms with Crippen molar-refractivity contribution in [3.63, 3.8) is 0 Å². The number of hydrogen-bond acceptors (Lipinski definition) is 4. The van der Waals surface area contributed by atoms with Gasteiger partial charge in [0.05, 0.1) is 17.3 Å². The molecule has 1 amide bonds. The molecule has 0 saturated carbocycles. The third-order valence-electron chi connectivity index (χ3n) is 3.73. The molecule has 0 aliphatic rings. The van der Waals surface area contributed by atoms with Crippen LogP contribution in [0, 0.1) is 0 Å². The molecule has 112 valence electrons. The largest absolute Gasteiger partial charge is 0.335 e. The lowest BCUT2D eigenvalue weighted by Gasteiger charge is -2.25. The number of rotatable bonds is 4. The van der Waals surface area contributed by atoms with Crippen LogP contribution in [0.25, 0.3) is 5.69 Å². The highest BCUT2D eigenvalue weighted by Crippen LogP contribution is 2.22. The Morgan fingerprint density at radius 3 is 2.64 bits per heavy atom. The van der Waals surface area contributed by atoms with Crippen LogP contribution in [0.2, 0.25) is 0 Å². The maximum Gasteiger partial charge on any atom is 0.254 e. The molecule has 0 fully saturated rings. The van der Waals surface area contributed by atoms with E-state index in [1.165, 1.54) is 17.7 Å². The van der Waals surface area contributed by atoms with Gasteiger partial charge in [-0.3, -0.25) is 4.79 Å². The van der Waals surface area contributed by atoms with Gasteiger partial charge in [-0.25, -0.2) is 9.67 Å². The van der Waals surface area contributed by atoms with Crippen molar-refractivity contribution < 1.29 is 4.79 Å². The van der Waals surface area contributed by atoms with E-state index in [4.69, 9.17) is 0 Å². The zero-order chi connectivity index (χ0) is 15.5. The number of carbonyl (C=O) groups is 1.